The van der Waals surface area contributed by atoms with Crippen molar-refractivity contribution in [1.82, 2.24) is 0 Å². The first-order valence-electron chi connectivity index (χ1n) is 13.9. The number of furan rings is 1. The average molecular weight is 621 g/mol. The van der Waals surface area contributed by atoms with Crippen LogP contribution in [0.25, 0.3) is 11.3 Å². The van der Waals surface area contributed by atoms with E-state index >= 15 is 0 Å². The zero-order valence-corrected chi connectivity index (χ0v) is 24.1. The summed E-state index contributed by atoms with van der Waals surface area (Å²) < 4.78 is 56.2. The molecule has 1 aliphatic rings. The minimum atomic E-state index is -4.58. The second-order valence-corrected chi connectivity index (χ2v) is 10.0. The number of hydrogen-bond donors (Lipinski definition) is 1. The molecule has 0 radical (unpaired) electrons. The quantitative estimate of drug-likeness (QED) is 0.166. The lowest BCUT2D eigenvalue weighted by atomic mass is 9.79. The summed E-state index contributed by atoms with van der Waals surface area (Å²) in [5.74, 6) is -2.16. The molecule has 0 saturated carbocycles. The Balaban J connectivity index is 1.53. The SMILES string of the molecule is CCOC(=O)c1ccc(NC(=O)C2(c3ccc(-c4cccc(C(F)(F)F)c4)o3)CC(=O)N2c2ccc(C(=O)OCC)cc2)cc1. The number of rotatable bonds is 9. The van der Waals surface area contributed by atoms with Gasteiger partial charge >= 0.3 is 18.1 Å². The summed E-state index contributed by atoms with van der Waals surface area (Å²) in [5, 5.41) is 2.76. The fourth-order valence-corrected chi connectivity index (χ4v) is 5.02. The number of benzene rings is 3. The Morgan fingerprint density at radius 3 is 2.02 bits per heavy atom. The second kappa shape index (κ2) is 12.3. The van der Waals surface area contributed by atoms with Gasteiger partial charge in [0.15, 0.2) is 5.54 Å². The first kappa shape index (κ1) is 31.0. The molecule has 1 atom stereocenters. The summed E-state index contributed by atoms with van der Waals surface area (Å²) in [5.41, 5.74) is -1.44. The smallest absolute Gasteiger partial charge is 0.416 e. The van der Waals surface area contributed by atoms with Gasteiger partial charge < -0.3 is 19.2 Å². The van der Waals surface area contributed by atoms with Crippen LogP contribution in [0.4, 0.5) is 24.5 Å². The summed E-state index contributed by atoms with van der Waals surface area (Å²) in [4.78, 5) is 52.7. The summed E-state index contributed by atoms with van der Waals surface area (Å²) in [6.07, 6.45) is -4.91. The Labute approximate surface area is 255 Å². The van der Waals surface area contributed by atoms with Crippen molar-refractivity contribution in [3.63, 3.8) is 0 Å². The van der Waals surface area contributed by atoms with Crippen LogP contribution in [0.3, 0.4) is 0 Å². The van der Waals surface area contributed by atoms with Gasteiger partial charge in [-0.25, -0.2) is 9.59 Å². The van der Waals surface area contributed by atoms with Gasteiger partial charge in [-0.05, 0) is 86.6 Å². The second-order valence-electron chi connectivity index (χ2n) is 10.0. The van der Waals surface area contributed by atoms with Crippen molar-refractivity contribution in [2.75, 3.05) is 23.4 Å². The number of esters is 2. The molecule has 1 unspecified atom stereocenters. The van der Waals surface area contributed by atoms with Crippen LogP contribution in [0, 0.1) is 0 Å². The topological polar surface area (TPSA) is 115 Å². The molecule has 1 aliphatic heterocycles. The first-order valence-corrected chi connectivity index (χ1v) is 13.9. The molecule has 12 heteroatoms. The lowest BCUT2D eigenvalue weighted by Crippen LogP contribution is -2.67. The van der Waals surface area contributed by atoms with E-state index in [1.54, 1.807) is 13.8 Å². The molecule has 0 bridgehead atoms. The van der Waals surface area contributed by atoms with Crippen molar-refractivity contribution >= 4 is 35.1 Å². The van der Waals surface area contributed by atoms with E-state index in [0.29, 0.717) is 5.69 Å². The van der Waals surface area contributed by atoms with Gasteiger partial charge in [0.2, 0.25) is 5.91 Å². The predicted molar refractivity (Wildman–Crippen MR) is 156 cm³/mol. The summed E-state index contributed by atoms with van der Waals surface area (Å²) in [6.45, 7) is 3.70. The number of nitrogens with zero attached hydrogens (tertiary/aromatic N) is 1. The highest BCUT2D eigenvalue weighted by molar-refractivity contribution is 6.16. The molecule has 2 amide bonds. The highest BCUT2D eigenvalue weighted by Gasteiger charge is 2.61. The summed E-state index contributed by atoms with van der Waals surface area (Å²) in [7, 11) is 0. The Kier molecular flexibility index (Phi) is 8.49. The third kappa shape index (κ3) is 6.03. The molecule has 9 nitrogen and oxygen atoms in total. The van der Waals surface area contributed by atoms with Crippen molar-refractivity contribution in [3.05, 3.63) is 107 Å². The first-order chi connectivity index (χ1) is 21.5. The summed E-state index contributed by atoms with van der Waals surface area (Å²) >= 11 is 0. The van der Waals surface area contributed by atoms with Crippen LogP contribution >= 0.6 is 0 Å². The minimum absolute atomic E-state index is 0.00428. The fourth-order valence-electron chi connectivity index (χ4n) is 5.02. The third-order valence-electron chi connectivity index (χ3n) is 7.19. The van der Waals surface area contributed by atoms with E-state index in [2.05, 4.69) is 5.32 Å². The van der Waals surface area contributed by atoms with Crippen molar-refractivity contribution in [2.45, 2.75) is 32.0 Å². The molecule has 2 heterocycles. The molecule has 0 aliphatic carbocycles. The highest BCUT2D eigenvalue weighted by atomic mass is 19.4. The standard InChI is InChI=1S/C33H27F3N2O7/c1-3-43-29(40)20-8-12-24(13-9-20)37-31(42)32(19-28(39)38(32)25-14-10-21(11-15-25)30(41)44-4-2)27-17-16-26(45-27)22-6-5-7-23(18-22)33(34,35)36/h5-18H,3-4,19H2,1-2H3,(H,37,42). The third-order valence-corrected chi connectivity index (χ3v) is 7.19. The normalized spacial score (nSPS) is 16.1. The number of β-lactam (4-membered cyclic amide) rings is 1. The molecule has 1 N–H and O–H groups in total. The molecule has 45 heavy (non-hydrogen) atoms. The maximum absolute atomic E-state index is 14.1. The zero-order valence-electron chi connectivity index (χ0n) is 24.1. The lowest BCUT2D eigenvalue weighted by Gasteiger charge is -2.49. The van der Waals surface area contributed by atoms with Gasteiger partial charge in [-0.1, -0.05) is 12.1 Å². The van der Waals surface area contributed by atoms with E-state index in [1.807, 2.05) is 0 Å². The van der Waals surface area contributed by atoms with Crippen molar-refractivity contribution in [1.29, 1.82) is 0 Å². The number of alkyl halides is 3. The highest BCUT2D eigenvalue weighted by Crippen LogP contribution is 2.47. The number of nitrogens with one attached hydrogen (secondary N) is 1. The Hall–Kier alpha value is -5.39. The molecule has 5 rings (SSSR count). The Morgan fingerprint density at radius 1 is 0.867 bits per heavy atom. The summed E-state index contributed by atoms with van der Waals surface area (Å²) in [6, 6.07) is 19.2. The Bertz CT molecular complexity index is 1750. The monoisotopic (exact) mass is 620 g/mol. The van der Waals surface area contributed by atoms with Gasteiger partial charge in [0, 0.05) is 16.9 Å². The molecular weight excluding hydrogens is 593 g/mol. The molecule has 1 saturated heterocycles. The molecule has 232 valence electrons. The van der Waals surface area contributed by atoms with Crippen LogP contribution in [-0.4, -0.2) is 37.0 Å². The molecule has 1 aromatic heterocycles. The largest absolute Gasteiger partial charge is 0.462 e. The molecule has 3 aromatic carbocycles. The molecule has 4 aromatic rings. The minimum Gasteiger partial charge on any atom is -0.462 e. The van der Waals surface area contributed by atoms with Crippen LogP contribution in [0.5, 0.6) is 0 Å². The zero-order chi connectivity index (χ0) is 32.4. The molecule has 0 spiro atoms. The van der Waals surface area contributed by atoms with Gasteiger partial charge in [-0.2, -0.15) is 13.2 Å². The van der Waals surface area contributed by atoms with E-state index in [-0.39, 0.29) is 53.5 Å². The van der Waals surface area contributed by atoms with E-state index < -0.39 is 41.0 Å². The van der Waals surface area contributed by atoms with E-state index in [1.165, 1.54) is 77.7 Å². The van der Waals surface area contributed by atoms with Crippen molar-refractivity contribution in [3.8, 4) is 11.3 Å². The number of carbonyl (C=O) groups is 4. The van der Waals surface area contributed by atoms with Crippen molar-refractivity contribution < 1.29 is 46.2 Å². The van der Waals surface area contributed by atoms with E-state index in [0.717, 1.165) is 12.1 Å². The number of anilines is 2. The maximum atomic E-state index is 14.1. The van der Waals surface area contributed by atoms with Gasteiger partial charge in [0.1, 0.15) is 11.5 Å². The predicted octanol–water partition coefficient (Wildman–Crippen LogP) is 6.59. The van der Waals surface area contributed by atoms with Gasteiger partial charge in [-0.15, -0.1) is 0 Å². The fraction of sp³-hybridized carbons (Fsp3) is 0.212. The van der Waals surface area contributed by atoms with Crippen molar-refractivity contribution in [2.24, 2.45) is 0 Å². The van der Waals surface area contributed by atoms with Gasteiger partial charge in [0.05, 0.1) is 36.3 Å². The maximum Gasteiger partial charge on any atom is 0.416 e. The van der Waals surface area contributed by atoms with E-state index in [9.17, 15) is 32.3 Å². The number of hydrogen-bond acceptors (Lipinski definition) is 7. The van der Waals surface area contributed by atoms with Crippen LogP contribution in [-0.2, 0) is 30.8 Å². The van der Waals surface area contributed by atoms with Crippen LogP contribution in [0.2, 0.25) is 0 Å². The number of ether oxygens (including phenoxy) is 2. The van der Waals surface area contributed by atoms with Crippen LogP contribution in [0.15, 0.2) is 89.3 Å². The van der Waals surface area contributed by atoms with Crippen LogP contribution in [0.1, 0.15) is 52.3 Å². The Morgan fingerprint density at radius 2 is 1.47 bits per heavy atom. The average Bonchev–Trinajstić information content (AvgIpc) is 3.51. The van der Waals surface area contributed by atoms with Crippen LogP contribution < -0.4 is 10.2 Å². The lowest BCUT2D eigenvalue weighted by molar-refractivity contribution is -0.138. The number of amides is 2. The van der Waals surface area contributed by atoms with E-state index in [4.69, 9.17) is 13.9 Å². The van der Waals surface area contributed by atoms with Gasteiger partial charge in [0.25, 0.3) is 5.91 Å². The van der Waals surface area contributed by atoms with Gasteiger partial charge in [-0.3, -0.25) is 14.5 Å². The molecule has 1 fully saturated rings. The number of carbonyl (C=O) groups excluding carboxylic acids is 4. The number of halogens is 3. The molecular formula is C33H27F3N2O7.